The Morgan fingerprint density at radius 2 is 2.24 bits per heavy atom. The van der Waals surface area contributed by atoms with Crippen LogP contribution in [0, 0.1) is 12.8 Å². The Bertz CT molecular complexity index is 377. The summed E-state index contributed by atoms with van der Waals surface area (Å²) >= 11 is 0. The van der Waals surface area contributed by atoms with Crippen molar-refractivity contribution >= 4 is 5.91 Å². The first-order valence-corrected chi connectivity index (χ1v) is 5.97. The largest absolute Gasteiger partial charge is 0.347 e. The van der Waals surface area contributed by atoms with E-state index in [9.17, 15) is 4.79 Å². The summed E-state index contributed by atoms with van der Waals surface area (Å²) in [7, 11) is 0. The molecule has 4 heteroatoms. The number of aryl methyl sites for hydroxylation is 1. The summed E-state index contributed by atoms with van der Waals surface area (Å²) in [5.41, 5.74) is 7.41. The van der Waals surface area contributed by atoms with Gasteiger partial charge in [-0.1, -0.05) is 19.9 Å². The summed E-state index contributed by atoms with van der Waals surface area (Å²) in [5.74, 6) is 0.279. The lowest BCUT2D eigenvalue weighted by molar-refractivity contribution is -0.122. The highest BCUT2D eigenvalue weighted by molar-refractivity contribution is 5.76. The number of carbonyl (C=O) groups is 1. The maximum Gasteiger partial charge on any atom is 0.221 e. The third-order valence-corrected chi connectivity index (χ3v) is 2.70. The fourth-order valence-corrected chi connectivity index (χ4v) is 1.75. The van der Waals surface area contributed by atoms with Gasteiger partial charge in [0.1, 0.15) is 0 Å². The van der Waals surface area contributed by atoms with Crippen LogP contribution in [0.2, 0.25) is 0 Å². The van der Waals surface area contributed by atoms with Gasteiger partial charge in [-0.05, 0) is 24.5 Å². The number of amides is 1. The van der Waals surface area contributed by atoms with E-state index in [2.05, 4.69) is 24.1 Å². The van der Waals surface area contributed by atoms with Gasteiger partial charge in [0.05, 0.1) is 11.7 Å². The van der Waals surface area contributed by atoms with Crippen LogP contribution in [-0.2, 0) is 4.79 Å². The molecule has 0 aliphatic carbocycles. The van der Waals surface area contributed by atoms with Gasteiger partial charge in [0.15, 0.2) is 0 Å². The third-order valence-electron chi connectivity index (χ3n) is 2.70. The van der Waals surface area contributed by atoms with Crippen molar-refractivity contribution < 1.29 is 4.79 Å². The second kappa shape index (κ2) is 6.35. The van der Waals surface area contributed by atoms with Gasteiger partial charge in [-0.15, -0.1) is 0 Å². The first-order chi connectivity index (χ1) is 8.06. The zero-order valence-corrected chi connectivity index (χ0v) is 10.7. The molecule has 1 rings (SSSR count). The molecule has 1 aromatic heterocycles. The maximum absolute atomic E-state index is 11.6. The first-order valence-electron chi connectivity index (χ1n) is 5.97. The second-order valence-corrected chi connectivity index (χ2v) is 4.53. The highest BCUT2D eigenvalue weighted by Crippen LogP contribution is 2.22. The Morgan fingerprint density at radius 3 is 2.76 bits per heavy atom. The zero-order valence-electron chi connectivity index (χ0n) is 10.7. The van der Waals surface area contributed by atoms with Gasteiger partial charge >= 0.3 is 0 Å². The van der Waals surface area contributed by atoms with E-state index in [4.69, 9.17) is 5.73 Å². The Morgan fingerprint density at radius 1 is 1.53 bits per heavy atom. The quantitative estimate of drug-likeness (QED) is 0.813. The lowest BCUT2D eigenvalue weighted by Crippen LogP contribution is -2.33. The normalized spacial score (nSPS) is 12.5. The van der Waals surface area contributed by atoms with Gasteiger partial charge in [0.2, 0.25) is 5.91 Å². The van der Waals surface area contributed by atoms with Crippen LogP contribution in [0.3, 0.4) is 0 Å². The number of aromatic nitrogens is 1. The fourth-order valence-electron chi connectivity index (χ4n) is 1.75. The molecule has 1 unspecified atom stereocenters. The molecule has 0 spiro atoms. The van der Waals surface area contributed by atoms with Gasteiger partial charge in [0, 0.05) is 19.2 Å². The minimum Gasteiger partial charge on any atom is -0.347 e. The Balaban J connectivity index is 2.87. The SMILES string of the molecule is Cc1cccnc1C(NC(=O)CCN)C(C)C. The molecule has 0 bridgehead atoms. The molecule has 94 valence electrons. The summed E-state index contributed by atoms with van der Waals surface area (Å²) in [5, 5.41) is 2.99. The number of nitrogens with zero attached hydrogens (tertiary/aromatic N) is 1. The number of hydrogen-bond acceptors (Lipinski definition) is 3. The van der Waals surface area contributed by atoms with Crippen molar-refractivity contribution in [3.8, 4) is 0 Å². The molecule has 1 heterocycles. The number of hydrogen-bond donors (Lipinski definition) is 2. The molecule has 0 aromatic carbocycles. The zero-order chi connectivity index (χ0) is 12.8. The van der Waals surface area contributed by atoms with E-state index in [1.165, 1.54) is 0 Å². The van der Waals surface area contributed by atoms with E-state index < -0.39 is 0 Å². The molecule has 0 saturated carbocycles. The highest BCUT2D eigenvalue weighted by atomic mass is 16.1. The molecule has 0 fully saturated rings. The summed E-state index contributed by atoms with van der Waals surface area (Å²) < 4.78 is 0. The first kappa shape index (κ1) is 13.6. The monoisotopic (exact) mass is 235 g/mol. The average Bonchev–Trinajstić information content (AvgIpc) is 2.27. The Kier molecular flexibility index (Phi) is 5.10. The molecule has 1 atom stereocenters. The Hall–Kier alpha value is -1.42. The van der Waals surface area contributed by atoms with Gasteiger partial charge in [-0.2, -0.15) is 0 Å². The minimum absolute atomic E-state index is 0.0174. The van der Waals surface area contributed by atoms with Crippen molar-refractivity contribution in [1.29, 1.82) is 0 Å². The topological polar surface area (TPSA) is 68.0 Å². The third kappa shape index (κ3) is 3.82. The van der Waals surface area contributed by atoms with E-state index in [1.54, 1.807) is 6.20 Å². The fraction of sp³-hybridized carbons (Fsp3) is 0.538. The summed E-state index contributed by atoms with van der Waals surface area (Å²) in [6, 6.07) is 3.86. The van der Waals surface area contributed by atoms with Crippen LogP contribution in [-0.4, -0.2) is 17.4 Å². The van der Waals surface area contributed by atoms with E-state index in [-0.39, 0.29) is 11.9 Å². The highest BCUT2D eigenvalue weighted by Gasteiger charge is 2.20. The summed E-state index contributed by atoms with van der Waals surface area (Å²) in [4.78, 5) is 16.0. The van der Waals surface area contributed by atoms with E-state index >= 15 is 0 Å². The van der Waals surface area contributed by atoms with Crippen molar-refractivity contribution in [3.63, 3.8) is 0 Å². The smallest absolute Gasteiger partial charge is 0.221 e. The number of nitrogens with two attached hydrogens (primary N) is 1. The van der Waals surface area contributed by atoms with Crippen molar-refractivity contribution in [2.75, 3.05) is 6.54 Å². The van der Waals surface area contributed by atoms with E-state index in [0.717, 1.165) is 11.3 Å². The molecule has 0 radical (unpaired) electrons. The maximum atomic E-state index is 11.6. The number of carbonyl (C=O) groups excluding carboxylic acids is 1. The van der Waals surface area contributed by atoms with Crippen LogP contribution in [0.25, 0.3) is 0 Å². The predicted molar refractivity (Wildman–Crippen MR) is 68.4 cm³/mol. The minimum atomic E-state index is -0.0461. The van der Waals surface area contributed by atoms with E-state index in [0.29, 0.717) is 18.9 Å². The standard InChI is InChI=1S/C13H21N3O/c1-9(2)12(16-11(17)6-7-14)13-10(3)5-4-8-15-13/h4-5,8-9,12H,6-7,14H2,1-3H3,(H,16,17). The Labute approximate surface area is 103 Å². The summed E-state index contributed by atoms with van der Waals surface area (Å²) in [6.07, 6.45) is 2.11. The van der Waals surface area contributed by atoms with Gasteiger partial charge in [-0.3, -0.25) is 9.78 Å². The van der Waals surface area contributed by atoms with E-state index in [1.807, 2.05) is 19.1 Å². The molecule has 1 amide bonds. The average molecular weight is 235 g/mol. The molecule has 17 heavy (non-hydrogen) atoms. The van der Waals surface area contributed by atoms with Crippen LogP contribution in [0.4, 0.5) is 0 Å². The summed E-state index contributed by atoms with van der Waals surface area (Å²) in [6.45, 7) is 6.52. The van der Waals surface area contributed by atoms with Gasteiger partial charge in [-0.25, -0.2) is 0 Å². The molecule has 4 nitrogen and oxygen atoms in total. The molecular formula is C13H21N3O. The second-order valence-electron chi connectivity index (χ2n) is 4.53. The van der Waals surface area contributed by atoms with Crippen LogP contribution in [0.5, 0.6) is 0 Å². The van der Waals surface area contributed by atoms with Crippen molar-refractivity contribution in [2.45, 2.75) is 33.2 Å². The number of rotatable bonds is 5. The molecule has 0 aliphatic rings. The lowest BCUT2D eigenvalue weighted by Gasteiger charge is -2.23. The molecule has 0 aliphatic heterocycles. The van der Waals surface area contributed by atoms with Gasteiger partial charge in [0.25, 0.3) is 0 Å². The van der Waals surface area contributed by atoms with Crippen LogP contribution < -0.4 is 11.1 Å². The van der Waals surface area contributed by atoms with Crippen molar-refractivity contribution in [2.24, 2.45) is 11.7 Å². The molecular weight excluding hydrogens is 214 g/mol. The van der Waals surface area contributed by atoms with Gasteiger partial charge < -0.3 is 11.1 Å². The van der Waals surface area contributed by atoms with Crippen LogP contribution in [0.15, 0.2) is 18.3 Å². The number of nitrogens with one attached hydrogen (secondary N) is 1. The lowest BCUT2D eigenvalue weighted by atomic mass is 9.97. The molecule has 1 aromatic rings. The predicted octanol–water partition coefficient (Wildman–Crippen LogP) is 1.55. The van der Waals surface area contributed by atoms with Crippen LogP contribution >= 0.6 is 0 Å². The van der Waals surface area contributed by atoms with Crippen molar-refractivity contribution in [1.82, 2.24) is 10.3 Å². The molecule has 3 N–H and O–H groups in total. The van der Waals surface area contributed by atoms with Crippen molar-refractivity contribution in [3.05, 3.63) is 29.6 Å². The number of pyridine rings is 1. The van der Waals surface area contributed by atoms with Crippen LogP contribution in [0.1, 0.15) is 37.6 Å². The molecule has 0 saturated heterocycles.